The number of anilines is 1. The monoisotopic (exact) mass is 243 g/mol. The van der Waals surface area contributed by atoms with Gasteiger partial charge in [0.05, 0.1) is 6.20 Å². The van der Waals surface area contributed by atoms with Gasteiger partial charge in [-0.25, -0.2) is 9.37 Å². The zero-order valence-electron chi connectivity index (χ0n) is 9.96. The van der Waals surface area contributed by atoms with Crippen LogP contribution in [-0.4, -0.2) is 37.6 Å². The number of nitrogens with one attached hydrogen (secondary N) is 1. The normalized spacial score (nSPS) is 10.5. The number of halogens is 1. The van der Waals surface area contributed by atoms with E-state index in [9.17, 15) is 4.39 Å². The Morgan fingerprint density at radius 1 is 1.56 bits per heavy atom. The Morgan fingerprint density at radius 2 is 2.31 bits per heavy atom. The largest absolute Gasteiger partial charge is 0.359 e. The van der Waals surface area contributed by atoms with E-state index in [1.54, 1.807) is 11.8 Å². The minimum absolute atomic E-state index is 0.285. The van der Waals surface area contributed by atoms with Crippen molar-refractivity contribution in [1.29, 1.82) is 0 Å². The van der Waals surface area contributed by atoms with E-state index in [4.69, 9.17) is 0 Å². The fourth-order valence-electron chi connectivity index (χ4n) is 1.47. The van der Waals surface area contributed by atoms with Crippen molar-refractivity contribution in [1.82, 2.24) is 10.3 Å². The second-order valence-corrected chi connectivity index (χ2v) is 4.57. The molecule has 0 aliphatic rings. The lowest BCUT2D eigenvalue weighted by molar-refractivity contribution is 0.616. The zero-order valence-corrected chi connectivity index (χ0v) is 10.8. The van der Waals surface area contributed by atoms with Crippen LogP contribution in [0.2, 0.25) is 0 Å². The van der Waals surface area contributed by atoms with Crippen LogP contribution in [0, 0.1) is 5.82 Å². The van der Waals surface area contributed by atoms with Gasteiger partial charge in [-0.05, 0) is 19.4 Å². The first-order valence-electron chi connectivity index (χ1n) is 5.18. The van der Waals surface area contributed by atoms with Gasteiger partial charge in [0, 0.05) is 31.5 Å². The Morgan fingerprint density at radius 3 is 2.94 bits per heavy atom. The van der Waals surface area contributed by atoms with Crippen LogP contribution in [0.4, 0.5) is 10.2 Å². The Hall–Kier alpha value is -0.810. The number of rotatable bonds is 6. The van der Waals surface area contributed by atoms with Crippen molar-refractivity contribution >= 4 is 17.6 Å². The standard InChI is InChI=1S/C11H18FN3S/c1-13-7-9-6-10(12)8-14-11(9)15(2)4-5-16-3/h6,8,13H,4-5,7H2,1-3H3. The van der Waals surface area contributed by atoms with Crippen LogP contribution >= 0.6 is 11.8 Å². The number of hydrogen-bond donors (Lipinski definition) is 1. The summed E-state index contributed by atoms with van der Waals surface area (Å²) in [6.45, 7) is 1.54. The van der Waals surface area contributed by atoms with Gasteiger partial charge in [0.15, 0.2) is 0 Å². The van der Waals surface area contributed by atoms with E-state index >= 15 is 0 Å². The third-order valence-electron chi connectivity index (χ3n) is 2.27. The first kappa shape index (κ1) is 13.3. The molecule has 0 saturated heterocycles. The van der Waals surface area contributed by atoms with Crippen LogP contribution < -0.4 is 10.2 Å². The maximum Gasteiger partial charge on any atom is 0.141 e. The molecule has 1 N–H and O–H groups in total. The van der Waals surface area contributed by atoms with Gasteiger partial charge in [0.1, 0.15) is 11.6 Å². The Labute approximate surface area is 100 Å². The molecular formula is C11H18FN3S. The van der Waals surface area contributed by atoms with Crippen molar-refractivity contribution in [2.24, 2.45) is 0 Å². The average Bonchev–Trinajstić information content (AvgIpc) is 2.26. The summed E-state index contributed by atoms with van der Waals surface area (Å²) < 4.78 is 13.1. The van der Waals surface area contributed by atoms with E-state index < -0.39 is 0 Å². The minimum atomic E-state index is -0.285. The van der Waals surface area contributed by atoms with Crippen molar-refractivity contribution in [3.63, 3.8) is 0 Å². The second-order valence-electron chi connectivity index (χ2n) is 3.58. The van der Waals surface area contributed by atoms with Gasteiger partial charge in [-0.3, -0.25) is 0 Å². The average molecular weight is 243 g/mol. The van der Waals surface area contributed by atoms with Crippen LogP contribution in [0.5, 0.6) is 0 Å². The van der Waals surface area contributed by atoms with E-state index in [1.165, 1.54) is 12.3 Å². The molecule has 3 nitrogen and oxygen atoms in total. The molecule has 0 atom stereocenters. The summed E-state index contributed by atoms with van der Waals surface area (Å²) in [5.41, 5.74) is 0.895. The lowest BCUT2D eigenvalue weighted by Crippen LogP contribution is -2.24. The Kier molecular flexibility index (Phi) is 5.55. The molecule has 0 unspecified atom stereocenters. The molecule has 1 rings (SSSR count). The van der Waals surface area contributed by atoms with Crippen molar-refractivity contribution < 1.29 is 4.39 Å². The number of nitrogens with zero attached hydrogens (tertiary/aromatic N) is 2. The molecule has 0 fully saturated rings. The molecule has 1 aromatic rings. The third-order valence-corrected chi connectivity index (χ3v) is 2.86. The predicted octanol–water partition coefficient (Wildman–Crippen LogP) is 1.74. The summed E-state index contributed by atoms with van der Waals surface area (Å²) in [5.74, 6) is 1.60. The molecule has 90 valence electrons. The van der Waals surface area contributed by atoms with E-state index in [2.05, 4.69) is 21.5 Å². The van der Waals surface area contributed by atoms with Crippen molar-refractivity contribution in [2.45, 2.75) is 6.54 Å². The van der Waals surface area contributed by atoms with Gasteiger partial charge < -0.3 is 10.2 Å². The first-order chi connectivity index (χ1) is 7.69. The second kappa shape index (κ2) is 6.70. The smallest absolute Gasteiger partial charge is 0.141 e. The molecule has 0 aliphatic heterocycles. The quantitative estimate of drug-likeness (QED) is 0.824. The lowest BCUT2D eigenvalue weighted by atomic mass is 10.2. The van der Waals surface area contributed by atoms with E-state index in [0.717, 1.165) is 23.7 Å². The van der Waals surface area contributed by atoms with Crippen LogP contribution in [0.1, 0.15) is 5.56 Å². The van der Waals surface area contributed by atoms with E-state index in [0.29, 0.717) is 6.54 Å². The Bertz CT molecular complexity index is 333. The molecule has 0 spiro atoms. The number of thioether (sulfide) groups is 1. The molecule has 0 bridgehead atoms. The number of hydrogen-bond acceptors (Lipinski definition) is 4. The van der Waals surface area contributed by atoms with Gasteiger partial charge in [-0.1, -0.05) is 0 Å². The highest BCUT2D eigenvalue weighted by atomic mass is 32.2. The van der Waals surface area contributed by atoms with Crippen LogP contribution in [-0.2, 0) is 6.54 Å². The fraction of sp³-hybridized carbons (Fsp3) is 0.545. The summed E-state index contributed by atoms with van der Waals surface area (Å²) in [6, 6.07) is 1.54. The van der Waals surface area contributed by atoms with E-state index in [1.807, 2.05) is 14.1 Å². The molecule has 0 aromatic carbocycles. The zero-order chi connectivity index (χ0) is 12.0. The van der Waals surface area contributed by atoms with Crippen molar-refractivity contribution in [3.05, 3.63) is 23.6 Å². The summed E-state index contributed by atoms with van der Waals surface area (Å²) in [7, 11) is 3.83. The summed E-state index contributed by atoms with van der Waals surface area (Å²) in [4.78, 5) is 6.21. The fourth-order valence-corrected chi connectivity index (χ4v) is 1.93. The molecule has 1 aromatic heterocycles. The highest BCUT2D eigenvalue weighted by molar-refractivity contribution is 7.98. The van der Waals surface area contributed by atoms with E-state index in [-0.39, 0.29) is 5.82 Å². The summed E-state index contributed by atoms with van der Waals surface area (Å²) in [5, 5.41) is 3.02. The molecule has 5 heteroatoms. The van der Waals surface area contributed by atoms with Crippen LogP contribution in [0.15, 0.2) is 12.3 Å². The number of pyridine rings is 1. The van der Waals surface area contributed by atoms with Crippen LogP contribution in [0.25, 0.3) is 0 Å². The van der Waals surface area contributed by atoms with Crippen LogP contribution in [0.3, 0.4) is 0 Å². The lowest BCUT2D eigenvalue weighted by Gasteiger charge is -2.20. The maximum absolute atomic E-state index is 13.1. The minimum Gasteiger partial charge on any atom is -0.359 e. The van der Waals surface area contributed by atoms with Gasteiger partial charge in [0.25, 0.3) is 0 Å². The molecule has 0 radical (unpaired) electrons. The maximum atomic E-state index is 13.1. The van der Waals surface area contributed by atoms with Gasteiger partial charge in [0.2, 0.25) is 0 Å². The summed E-state index contributed by atoms with van der Waals surface area (Å²) in [6.07, 6.45) is 3.34. The number of aromatic nitrogens is 1. The molecular weight excluding hydrogens is 225 g/mol. The molecule has 0 saturated carbocycles. The highest BCUT2D eigenvalue weighted by Crippen LogP contribution is 2.17. The molecule has 1 heterocycles. The van der Waals surface area contributed by atoms with Crippen molar-refractivity contribution in [3.8, 4) is 0 Å². The van der Waals surface area contributed by atoms with Gasteiger partial charge in [-0.15, -0.1) is 0 Å². The molecule has 0 amide bonds. The third kappa shape index (κ3) is 3.64. The first-order valence-corrected chi connectivity index (χ1v) is 6.57. The topological polar surface area (TPSA) is 28.2 Å². The molecule has 16 heavy (non-hydrogen) atoms. The van der Waals surface area contributed by atoms with Crippen molar-refractivity contribution in [2.75, 3.05) is 37.5 Å². The Balaban J connectivity index is 2.84. The predicted molar refractivity (Wildman–Crippen MR) is 68.6 cm³/mol. The molecule has 0 aliphatic carbocycles. The van der Waals surface area contributed by atoms with Gasteiger partial charge in [-0.2, -0.15) is 11.8 Å². The summed E-state index contributed by atoms with van der Waals surface area (Å²) >= 11 is 1.79. The SMILES string of the molecule is CNCc1cc(F)cnc1N(C)CCSC. The van der Waals surface area contributed by atoms with Gasteiger partial charge >= 0.3 is 0 Å². The highest BCUT2D eigenvalue weighted by Gasteiger charge is 2.09.